The zero-order valence-electron chi connectivity index (χ0n) is 24.6. The largest absolute Gasteiger partial charge is 0.504 e. The Morgan fingerprint density at radius 1 is 0.686 bits per heavy atom. The average molecular weight is 500 g/mol. The predicted octanol–water partition coefficient (Wildman–Crippen LogP) is 8.90. The highest BCUT2D eigenvalue weighted by atomic mass is 28.4. The smallest absolute Gasteiger partial charge is 0.228 e. The molecule has 5 heteroatoms. The van der Waals surface area contributed by atoms with E-state index in [1.807, 2.05) is 26.8 Å². The predicted molar refractivity (Wildman–Crippen MR) is 153 cm³/mol. The summed E-state index contributed by atoms with van der Waals surface area (Å²) in [6.45, 7) is 30.6. The normalized spacial score (nSPS) is 13.8. The van der Waals surface area contributed by atoms with Crippen LogP contribution in [0.1, 0.15) is 94.2 Å². The molecular formula is C30H49NO3Si. The van der Waals surface area contributed by atoms with E-state index in [0.717, 1.165) is 22.4 Å². The second-order valence-electron chi connectivity index (χ2n) is 14.5. The number of nitrogens with zero attached hydrogens (tertiary/aromatic N) is 1. The number of benzene rings is 2. The van der Waals surface area contributed by atoms with Crippen molar-refractivity contribution in [2.45, 2.75) is 118 Å². The maximum atomic E-state index is 10.6. The molecule has 2 aromatic carbocycles. The number of hydrogen-bond donors (Lipinski definition) is 2. The van der Waals surface area contributed by atoms with Gasteiger partial charge in [0.2, 0.25) is 8.32 Å². The summed E-state index contributed by atoms with van der Waals surface area (Å²) in [6, 6.07) is 10.2. The highest BCUT2D eigenvalue weighted by molar-refractivity contribution is 6.74. The molecule has 0 spiro atoms. The Bertz CT molecular complexity index is 1060. The molecule has 2 aromatic rings. The maximum Gasteiger partial charge on any atom is 0.228 e. The molecule has 35 heavy (non-hydrogen) atoms. The number of anilines is 1. The van der Waals surface area contributed by atoms with Gasteiger partial charge in [-0.2, -0.15) is 0 Å². The Morgan fingerprint density at radius 2 is 1.20 bits per heavy atom. The van der Waals surface area contributed by atoms with Crippen molar-refractivity contribution < 1.29 is 14.7 Å². The van der Waals surface area contributed by atoms with Crippen LogP contribution in [-0.2, 0) is 15.4 Å². The summed E-state index contributed by atoms with van der Waals surface area (Å²) >= 11 is 0. The quantitative estimate of drug-likeness (QED) is 0.250. The van der Waals surface area contributed by atoms with E-state index in [4.69, 9.17) is 4.53 Å². The maximum absolute atomic E-state index is 10.6. The Hall–Kier alpha value is -1.98. The van der Waals surface area contributed by atoms with Crippen molar-refractivity contribution in [3.63, 3.8) is 0 Å². The van der Waals surface area contributed by atoms with Gasteiger partial charge in [-0.05, 0) is 90.7 Å². The van der Waals surface area contributed by atoms with Gasteiger partial charge in [0.15, 0.2) is 11.5 Å². The number of phenols is 2. The van der Waals surface area contributed by atoms with E-state index in [0.29, 0.717) is 0 Å². The summed E-state index contributed by atoms with van der Waals surface area (Å²) in [4.78, 5) is 0. The van der Waals surface area contributed by atoms with E-state index >= 15 is 0 Å². The van der Waals surface area contributed by atoms with Gasteiger partial charge in [0.25, 0.3) is 0 Å². The number of hydrogen-bond acceptors (Lipinski definition) is 4. The molecule has 0 bridgehead atoms. The summed E-state index contributed by atoms with van der Waals surface area (Å²) in [5, 5.41) is 23.3. The molecule has 0 heterocycles. The number of rotatable bonds is 4. The third-order valence-electron chi connectivity index (χ3n) is 6.98. The molecule has 0 aliphatic carbocycles. The summed E-state index contributed by atoms with van der Waals surface area (Å²) in [6.07, 6.45) is 0. The molecule has 0 aromatic heterocycles. The molecule has 0 aliphatic rings. The molecule has 2 N–H and O–H groups in total. The van der Waals surface area contributed by atoms with Crippen molar-refractivity contribution in [1.82, 2.24) is 0 Å². The fraction of sp³-hybridized carbons (Fsp3) is 0.600. The van der Waals surface area contributed by atoms with E-state index in [2.05, 4.69) is 98.7 Å². The third kappa shape index (κ3) is 6.62. The van der Waals surface area contributed by atoms with Crippen molar-refractivity contribution in [1.29, 1.82) is 0 Å². The first-order valence-electron chi connectivity index (χ1n) is 12.7. The van der Waals surface area contributed by atoms with Crippen LogP contribution in [0.5, 0.6) is 11.5 Å². The molecule has 196 valence electrons. The van der Waals surface area contributed by atoms with Crippen LogP contribution in [0.25, 0.3) is 11.1 Å². The van der Waals surface area contributed by atoms with Gasteiger partial charge in [0.1, 0.15) is 0 Å². The minimum Gasteiger partial charge on any atom is -0.504 e. The number of hydroxylamine groups is 1. The minimum absolute atomic E-state index is 0.0500. The summed E-state index contributed by atoms with van der Waals surface area (Å²) in [5.41, 5.74) is 4.09. The van der Waals surface area contributed by atoms with Crippen LogP contribution in [0.3, 0.4) is 0 Å². The van der Waals surface area contributed by atoms with Crippen molar-refractivity contribution in [3.05, 3.63) is 41.5 Å². The van der Waals surface area contributed by atoms with Gasteiger partial charge in [-0.15, -0.1) is 0 Å². The highest BCUT2D eigenvalue weighted by Gasteiger charge is 2.42. The van der Waals surface area contributed by atoms with Gasteiger partial charge in [-0.3, -0.25) is 5.06 Å². The molecule has 0 radical (unpaired) electrons. The van der Waals surface area contributed by atoms with E-state index in [1.54, 1.807) is 6.07 Å². The van der Waals surface area contributed by atoms with Crippen LogP contribution in [-0.4, -0.2) is 24.1 Å². The van der Waals surface area contributed by atoms with Crippen molar-refractivity contribution >= 4 is 14.0 Å². The SMILES string of the molecule is CC(C)(C)c1cc(-c2cc(O)c(O)c(C(C)(C)C)c2)cc(N(O[Si](C)(C)C(C)(C)C)C(C)(C)C)c1. The van der Waals surface area contributed by atoms with Gasteiger partial charge in [0, 0.05) is 5.56 Å². The highest BCUT2D eigenvalue weighted by Crippen LogP contribution is 2.44. The molecule has 0 aliphatic heterocycles. The first-order chi connectivity index (χ1) is 15.4. The van der Waals surface area contributed by atoms with Crippen LogP contribution >= 0.6 is 0 Å². The van der Waals surface area contributed by atoms with Crippen LogP contribution < -0.4 is 5.06 Å². The van der Waals surface area contributed by atoms with Crippen LogP contribution in [0.4, 0.5) is 5.69 Å². The van der Waals surface area contributed by atoms with E-state index in [9.17, 15) is 10.2 Å². The molecule has 0 saturated carbocycles. The van der Waals surface area contributed by atoms with Gasteiger partial charge < -0.3 is 14.7 Å². The van der Waals surface area contributed by atoms with Gasteiger partial charge >= 0.3 is 0 Å². The number of phenolic OH excluding ortho intramolecular Hbond substituents is 2. The minimum atomic E-state index is -2.12. The lowest BCUT2D eigenvalue weighted by atomic mass is 9.82. The van der Waals surface area contributed by atoms with Crippen molar-refractivity contribution in [3.8, 4) is 22.6 Å². The van der Waals surface area contributed by atoms with E-state index in [1.165, 1.54) is 5.56 Å². The third-order valence-corrected chi connectivity index (χ3v) is 11.2. The molecule has 0 unspecified atom stereocenters. The number of aromatic hydroxyl groups is 2. The Morgan fingerprint density at radius 3 is 1.63 bits per heavy atom. The zero-order chi connectivity index (χ0) is 27.4. The molecule has 2 rings (SSSR count). The first kappa shape index (κ1) is 29.2. The summed E-state index contributed by atoms with van der Waals surface area (Å²) in [7, 11) is -2.12. The molecule has 0 saturated heterocycles. The van der Waals surface area contributed by atoms with E-state index in [-0.39, 0.29) is 32.9 Å². The second kappa shape index (κ2) is 9.15. The molecule has 0 amide bonds. The Balaban J connectivity index is 2.84. The standard InChI is InChI=1S/C30H49NO3Si/c1-27(2,3)22-15-20(21-17-24(28(4,5)6)26(33)25(32)18-21)16-23(19-22)31(29(7,8)9)34-35(13,14)30(10,11)12/h15-19,32-33H,1-14H3. The van der Waals surface area contributed by atoms with Crippen molar-refractivity contribution in [2.75, 3.05) is 5.06 Å². The molecule has 4 nitrogen and oxygen atoms in total. The fourth-order valence-corrected chi connectivity index (χ4v) is 4.74. The van der Waals surface area contributed by atoms with Gasteiger partial charge in [-0.25, -0.2) is 0 Å². The van der Waals surface area contributed by atoms with Gasteiger partial charge in [0.05, 0.1) is 11.2 Å². The zero-order valence-corrected chi connectivity index (χ0v) is 25.6. The molecular weight excluding hydrogens is 450 g/mol. The van der Waals surface area contributed by atoms with Crippen molar-refractivity contribution in [2.24, 2.45) is 0 Å². The Labute approximate surface area is 215 Å². The summed E-state index contributed by atoms with van der Waals surface area (Å²) in [5.74, 6) is -0.147. The van der Waals surface area contributed by atoms with Gasteiger partial charge in [-0.1, -0.05) is 68.4 Å². The Kier molecular flexibility index (Phi) is 7.65. The van der Waals surface area contributed by atoms with Crippen LogP contribution in [0, 0.1) is 0 Å². The monoisotopic (exact) mass is 499 g/mol. The van der Waals surface area contributed by atoms with Crippen LogP contribution in [0.15, 0.2) is 30.3 Å². The average Bonchev–Trinajstić information content (AvgIpc) is 2.64. The fourth-order valence-electron chi connectivity index (χ4n) is 3.63. The molecule has 0 atom stereocenters. The lowest BCUT2D eigenvalue weighted by molar-refractivity contribution is 0.185. The van der Waals surface area contributed by atoms with Crippen LogP contribution in [0.2, 0.25) is 18.1 Å². The topological polar surface area (TPSA) is 52.9 Å². The second-order valence-corrected chi connectivity index (χ2v) is 19.2. The lowest BCUT2D eigenvalue weighted by Crippen LogP contribution is -2.53. The first-order valence-corrected chi connectivity index (χ1v) is 15.6. The van der Waals surface area contributed by atoms with E-state index < -0.39 is 8.32 Å². The summed E-state index contributed by atoms with van der Waals surface area (Å²) < 4.78 is 6.92. The molecule has 0 fully saturated rings. The lowest BCUT2D eigenvalue weighted by Gasteiger charge is -2.46.